The lowest BCUT2D eigenvalue weighted by atomic mass is 9.84. The van der Waals surface area contributed by atoms with Gasteiger partial charge in [-0.2, -0.15) is 0 Å². The summed E-state index contributed by atoms with van der Waals surface area (Å²) >= 11 is 9.62. The van der Waals surface area contributed by atoms with E-state index in [9.17, 15) is 5.11 Å². The lowest BCUT2D eigenvalue weighted by molar-refractivity contribution is 0.131. The molecule has 0 amide bonds. The molecule has 0 saturated carbocycles. The van der Waals surface area contributed by atoms with Gasteiger partial charge in [-0.25, -0.2) is 0 Å². The predicted molar refractivity (Wildman–Crippen MR) is 122 cm³/mol. The molecule has 26 heavy (non-hydrogen) atoms. The average molecular weight is 561 g/mol. The molecule has 1 aromatic rings. The highest BCUT2D eigenvalue weighted by molar-refractivity contribution is 14.0. The van der Waals surface area contributed by atoms with Crippen LogP contribution in [0.4, 0.5) is 0 Å². The molecule has 148 valence electrons. The first-order chi connectivity index (χ1) is 12.1. The molecule has 0 aliphatic carbocycles. The summed E-state index contributed by atoms with van der Waals surface area (Å²) in [7, 11) is 0. The number of guanidine groups is 1. The summed E-state index contributed by atoms with van der Waals surface area (Å²) in [6.07, 6.45) is 2.52. The predicted octanol–water partition coefficient (Wildman–Crippen LogP) is 3.61. The van der Waals surface area contributed by atoms with Crippen molar-refractivity contribution in [2.24, 2.45) is 10.4 Å². The maximum Gasteiger partial charge on any atom is 0.191 e. The third-order valence-corrected chi connectivity index (χ3v) is 5.45. The topological polar surface area (TPSA) is 65.9 Å². The zero-order chi connectivity index (χ0) is 18.1. The molecule has 0 spiro atoms. The average Bonchev–Trinajstić information content (AvgIpc) is 3.05. The zero-order valence-corrected chi connectivity index (χ0v) is 19.7. The van der Waals surface area contributed by atoms with Crippen molar-refractivity contribution in [3.63, 3.8) is 0 Å². The molecule has 0 bridgehead atoms. The van der Waals surface area contributed by atoms with Crippen LogP contribution in [0.3, 0.4) is 0 Å². The molecule has 0 aromatic heterocycles. The molecule has 3 N–H and O–H groups in total. The Balaban J connectivity index is 0.00000338. The Morgan fingerprint density at radius 2 is 2.23 bits per heavy atom. The second-order valence-electron chi connectivity index (χ2n) is 6.38. The van der Waals surface area contributed by atoms with Crippen LogP contribution in [0.1, 0.15) is 25.3 Å². The minimum absolute atomic E-state index is 0. The number of aliphatic imine (C=N–C) groups is 1. The van der Waals surface area contributed by atoms with E-state index >= 15 is 0 Å². The highest BCUT2D eigenvalue weighted by Gasteiger charge is 2.34. The molecule has 2 rings (SSSR count). The highest BCUT2D eigenvalue weighted by atomic mass is 127. The first-order valence-electron chi connectivity index (χ1n) is 8.73. The van der Waals surface area contributed by atoms with Crippen molar-refractivity contribution in [3.8, 4) is 0 Å². The van der Waals surface area contributed by atoms with Gasteiger partial charge in [0.1, 0.15) is 0 Å². The number of rotatable bonds is 8. The largest absolute Gasteiger partial charge is 0.396 e. The fourth-order valence-electron chi connectivity index (χ4n) is 2.93. The summed E-state index contributed by atoms with van der Waals surface area (Å²) in [6, 6.07) is 5.82. The van der Waals surface area contributed by atoms with Crippen molar-refractivity contribution >= 4 is 57.5 Å². The number of hydrogen-bond acceptors (Lipinski definition) is 3. The summed E-state index contributed by atoms with van der Waals surface area (Å²) in [6.45, 7) is 5.86. The number of nitrogens with zero attached hydrogens (tertiary/aromatic N) is 1. The SMILES string of the molecule is CCNC(=NCC1(CCO)CCOC1)NCCc1cc(Cl)ccc1Br.I. The van der Waals surface area contributed by atoms with Crippen molar-refractivity contribution in [3.05, 3.63) is 33.3 Å². The second kappa shape index (κ2) is 12.4. The van der Waals surface area contributed by atoms with Gasteiger partial charge in [0.15, 0.2) is 5.96 Å². The fourth-order valence-corrected chi connectivity index (χ4v) is 3.57. The summed E-state index contributed by atoms with van der Waals surface area (Å²) < 4.78 is 6.59. The van der Waals surface area contributed by atoms with Crippen molar-refractivity contribution < 1.29 is 9.84 Å². The van der Waals surface area contributed by atoms with Gasteiger partial charge in [-0.05, 0) is 49.9 Å². The van der Waals surface area contributed by atoms with Crippen molar-refractivity contribution in [1.29, 1.82) is 0 Å². The third kappa shape index (κ3) is 7.50. The van der Waals surface area contributed by atoms with Crippen LogP contribution in [0.15, 0.2) is 27.7 Å². The van der Waals surface area contributed by atoms with Crippen LogP contribution in [0.5, 0.6) is 0 Å². The van der Waals surface area contributed by atoms with E-state index < -0.39 is 0 Å². The van der Waals surface area contributed by atoms with E-state index in [0.717, 1.165) is 60.0 Å². The summed E-state index contributed by atoms with van der Waals surface area (Å²) in [5.74, 6) is 0.796. The quantitative estimate of drug-likeness (QED) is 0.258. The van der Waals surface area contributed by atoms with E-state index in [0.29, 0.717) is 13.2 Å². The van der Waals surface area contributed by atoms with Crippen LogP contribution >= 0.6 is 51.5 Å². The molecule has 1 saturated heterocycles. The Morgan fingerprint density at radius 1 is 1.42 bits per heavy atom. The smallest absolute Gasteiger partial charge is 0.191 e. The number of benzene rings is 1. The van der Waals surface area contributed by atoms with Crippen LogP contribution in [0.2, 0.25) is 5.02 Å². The molecule has 1 heterocycles. The highest BCUT2D eigenvalue weighted by Crippen LogP contribution is 2.32. The van der Waals surface area contributed by atoms with Crippen LogP contribution in [-0.2, 0) is 11.2 Å². The van der Waals surface area contributed by atoms with Crippen molar-refractivity contribution in [2.45, 2.75) is 26.2 Å². The first kappa shape index (κ1) is 23.9. The van der Waals surface area contributed by atoms with Crippen LogP contribution in [-0.4, -0.2) is 50.5 Å². The molecule has 8 heteroatoms. The summed E-state index contributed by atoms with van der Waals surface area (Å²) in [4.78, 5) is 4.72. The zero-order valence-electron chi connectivity index (χ0n) is 15.1. The van der Waals surface area contributed by atoms with Gasteiger partial charge in [0.25, 0.3) is 0 Å². The van der Waals surface area contributed by atoms with Gasteiger partial charge in [0.05, 0.1) is 13.2 Å². The van der Waals surface area contributed by atoms with Gasteiger partial charge in [0.2, 0.25) is 0 Å². The number of halogens is 3. The van der Waals surface area contributed by atoms with Crippen molar-refractivity contribution in [2.75, 3.05) is 39.5 Å². The number of aliphatic hydroxyl groups is 1. The minimum atomic E-state index is -0.0346. The molecule has 1 fully saturated rings. The van der Waals surface area contributed by atoms with Gasteiger partial charge < -0.3 is 20.5 Å². The Bertz CT molecular complexity index is 584. The lowest BCUT2D eigenvalue weighted by Crippen LogP contribution is -2.39. The molecule has 1 aliphatic rings. The molecule has 1 unspecified atom stereocenters. The number of hydrogen-bond donors (Lipinski definition) is 3. The fraction of sp³-hybridized carbons (Fsp3) is 0.611. The number of ether oxygens (including phenoxy) is 1. The monoisotopic (exact) mass is 559 g/mol. The molecule has 1 atom stereocenters. The molecular weight excluding hydrogens is 532 g/mol. The van der Waals surface area contributed by atoms with Gasteiger partial charge in [-0.3, -0.25) is 4.99 Å². The number of nitrogens with one attached hydrogen (secondary N) is 2. The van der Waals surface area contributed by atoms with E-state index in [2.05, 4.69) is 26.6 Å². The standard InChI is InChI=1S/C18H27BrClN3O2.HI/c1-2-21-17(23-12-18(6-9-24)7-10-25-13-18)22-8-5-14-11-15(20)3-4-16(14)19;/h3-4,11,24H,2,5-10,12-13H2,1H3,(H2,21,22,23);1H. The molecule has 1 aliphatic heterocycles. The maximum absolute atomic E-state index is 9.33. The Kier molecular flexibility index (Phi) is 11.4. The van der Waals surface area contributed by atoms with Gasteiger partial charge in [-0.1, -0.05) is 27.5 Å². The van der Waals surface area contributed by atoms with Gasteiger partial charge >= 0.3 is 0 Å². The minimum Gasteiger partial charge on any atom is -0.396 e. The van der Waals surface area contributed by atoms with Crippen molar-refractivity contribution in [1.82, 2.24) is 10.6 Å². The normalized spacial score (nSPS) is 19.9. The van der Waals surface area contributed by atoms with E-state index in [1.165, 1.54) is 0 Å². The molecular formula is C18H28BrClIN3O2. The Labute approximate surface area is 186 Å². The van der Waals surface area contributed by atoms with Crippen LogP contribution in [0.25, 0.3) is 0 Å². The third-order valence-electron chi connectivity index (χ3n) is 4.44. The summed E-state index contributed by atoms with van der Waals surface area (Å²) in [5, 5.41) is 16.7. The van der Waals surface area contributed by atoms with Gasteiger partial charge in [0, 0.05) is 41.2 Å². The molecule has 1 aromatic carbocycles. The maximum atomic E-state index is 9.33. The lowest BCUT2D eigenvalue weighted by Gasteiger charge is -2.24. The molecule has 0 radical (unpaired) electrons. The van der Waals surface area contributed by atoms with Crippen LogP contribution < -0.4 is 10.6 Å². The summed E-state index contributed by atoms with van der Waals surface area (Å²) in [5.41, 5.74) is 1.13. The second-order valence-corrected chi connectivity index (χ2v) is 7.67. The Morgan fingerprint density at radius 3 is 2.88 bits per heavy atom. The van der Waals surface area contributed by atoms with E-state index in [1.807, 2.05) is 25.1 Å². The van der Waals surface area contributed by atoms with Gasteiger partial charge in [-0.15, -0.1) is 24.0 Å². The number of aliphatic hydroxyl groups excluding tert-OH is 1. The van der Waals surface area contributed by atoms with E-state index in [1.54, 1.807) is 0 Å². The molecule has 5 nitrogen and oxygen atoms in total. The van der Waals surface area contributed by atoms with E-state index in [4.69, 9.17) is 21.3 Å². The Hall–Kier alpha value is -0.0900. The van der Waals surface area contributed by atoms with E-state index in [-0.39, 0.29) is 36.0 Å². The van der Waals surface area contributed by atoms with Crippen LogP contribution in [0, 0.1) is 5.41 Å². The first-order valence-corrected chi connectivity index (χ1v) is 9.90.